The average Bonchev–Trinajstić information content (AvgIpc) is 3.33. The van der Waals surface area contributed by atoms with Crippen molar-refractivity contribution in [1.82, 2.24) is 20.1 Å². The molecule has 9 heteroatoms. The third-order valence-electron chi connectivity index (χ3n) is 6.54. The van der Waals surface area contributed by atoms with E-state index in [4.69, 9.17) is 11.6 Å². The van der Waals surface area contributed by atoms with Gasteiger partial charge in [0.1, 0.15) is 17.3 Å². The molecule has 2 aliphatic heterocycles. The van der Waals surface area contributed by atoms with Crippen LogP contribution in [-0.2, 0) is 6.42 Å². The Labute approximate surface area is 203 Å². The SMILES string of the molecule is CC(C)Cc1n[nH]c2c1C(c1ccc(F)cc1Cl)N(c1ccc(N3CCN(C)CC3)nc1)C2=O. The second-order valence-electron chi connectivity index (χ2n) is 9.47. The minimum Gasteiger partial charge on any atom is -0.354 e. The molecule has 34 heavy (non-hydrogen) atoms. The zero-order valence-corrected chi connectivity index (χ0v) is 20.3. The number of carbonyl (C=O) groups excluding carboxylic acids is 1. The van der Waals surface area contributed by atoms with Crippen LogP contribution in [0.25, 0.3) is 0 Å². The third kappa shape index (κ3) is 4.05. The minimum atomic E-state index is -0.514. The number of benzene rings is 1. The van der Waals surface area contributed by atoms with Crippen LogP contribution in [0.4, 0.5) is 15.9 Å². The summed E-state index contributed by atoms with van der Waals surface area (Å²) in [6.45, 7) is 8.01. The number of carbonyl (C=O) groups is 1. The summed E-state index contributed by atoms with van der Waals surface area (Å²) in [7, 11) is 2.12. The fraction of sp³-hybridized carbons (Fsp3) is 0.400. The molecular formula is C25H28ClFN6O. The first kappa shape index (κ1) is 22.8. The smallest absolute Gasteiger partial charge is 0.277 e. The molecule has 3 aromatic rings. The lowest BCUT2D eigenvalue weighted by molar-refractivity contribution is 0.0988. The molecule has 1 unspecified atom stereocenters. The van der Waals surface area contributed by atoms with Crippen molar-refractivity contribution in [2.24, 2.45) is 5.92 Å². The first-order valence-electron chi connectivity index (χ1n) is 11.6. The van der Waals surface area contributed by atoms with Gasteiger partial charge in [0.05, 0.1) is 23.6 Å². The monoisotopic (exact) mass is 482 g/mol. The number of likely N-dealkylation sites (N-methyl/N-ethyl adjacent to an activating group) is 1. The standard InChI is InChI=1S/C25H28ClFN6O/c1-15(2)12-20-22-23(30-29-20)25(34)33(24(22)18-6-4-16(27)13-19(18)26)17-5-7-21(28-14-17)32-10-8-31(3)9-11-32/h4-7,13-15,24H,8-12H2,1-3H3,(H,29,30). The van der Waals surface area contributed by atoms with E-state index in [1.165, 1.54) is 12.1 Å². The number of nitrogens with zero attached hydrogens (tertiary/aromatic N) is 5. The van der Waals surface area contributed by atoms with E-state index in [0.29, 0.717) is 29.3 Å². The van der Waals surface area contributed by atoms with E-state index in [9.17, 15) is 9.18 Å². The zero-order valence-electron chi connectivity index (χ0n) is 19.6. The van der Waals surface area contributed by atoms with Crippen molar-refractivity contribution in [3.05, 3.63) is 69.9 Å². The van der Waals surface area contributed by atoms with Gasteiger partial charge in [0, 0.05) is 36.8 Å². The fourth-order valence-electron chi connectivity index (χ4n) is 4.78. The van der Waals surface area contributed by atoms with Gasteiger partial charge in [0.25, 0.3) is 5.91 Å². The van der Waals surface area contributed by atoms with E-state index < -0.39 is 11.9 Å². The number of hydrogen-bond acceptors (Lipinski definition) is 5. The third-order valence-corrected chi connectivity index (χ3v) is 6.87. The van der Waals surface area contributed by atoms with E-state index in [2.05, 4.69) is 45.9 Å². The van der Waals surface area contributed by atoms with Crippen molar-refractivity contribution < 1.29 is 9.18 Å². The maximum atomic E-state index is 13.9. The zero-order chi connectivity index (χ0) is 24.0. The number of hydrogen-bond donors (Lipinski definition) is 1. The Morgan fingerprint density at radius 2 is 1.94 bits per heavy atom. The number of H-pyrrole nitrogens is 1. The second kappa shape index (κ2) is 9.00. The lowest BCUT2D eigenvalue weighted by Gasteiger charge is -2.33. The predicted octanol–water partition coefficient (Wildman–Crippen LogP) is 4.30. The number of nitrogens with one attached hydrogen (secondary N) is 1. The molecule has 1 N–H and O–H groups in total. The number of rotatable bonds is 5. The fourth-order valence-corrected chi connectivity index (χ4v) is 5.05. The van der Waals surface area contributed by atoms with Crippen LogP contribution < -0.4 is 9.80 Å². The Balaban J connectivity index is 1.55. The van der Waals surface area contributed by atoms with E-state index in [1.54, 1.807) is 17.2 Å². The topological polar surface area (TPSA) is 68.4 Å². The number of piperazine rings is 1. The molecule has 1 aromatic carbocycles. The quantitative estimate of drug-likeness (QED) is 0.587. The number of pyridine rings is 1. The number of halogens is 2. The lowest BCUT2D eigenvalue weighted by Crippen LogP contribution is -2.44. The number of aromatic amines is 1. The van der Waals surface area contributed by atoms with Crippen LogP contribution >= 0.6 is 11.6 Å². The van der Waals surface area contributed by atoms with Gasteiger partial charge in [0.2, 0.25) is 0 Å². The first-order chi connectivity index (χ1) is 16.3. The first-order valence-corrected chi connectivity index (χ1v) is 12.0. The Bertz CT molecular complexity index is 1200. The molecule has 5 rings (SSSR count). The molecule has 178 valence electrons. The molecule has 4 heterocycles. The van der Waals surface area contributed by atoms with Crippen molar-refractivity contribution in [2.45, 2.75) is 26.3 Å². The molecule has 1 saturated heterocycles. The second-order valence-corrected chi connectivity index (χ2v) is 9.87. The van der Waals surface area contributed by atoms with Crippen LogP contribution in [0.5, 0.6) is 0 Å². The van der Waals surface area contributed by atoms with Crippen molar-refractivity contribution in [3.63, 3.8) is 0 Å². The van der Waals surface area contributed by atoms with Gasteiger partial charge in [-0.15, -0.1) is 0 Å². The van der Waals surface area contributed by atoms with Crippen LogP contribution in [0.3, 0.4) is 0 Å². The largest absolute Gasteiger partial charge is 0.354 e. The van der Waals surface area contributed by atoms with Crippen LogP contribution in [0.15, 0.2) is 36.5 Å². The number of fused-ring (bicyclic) bond motifs is 1. The Hall–Kier alpha value is -2.97. The van der Waals surface area contributed by atoms with E-state index in [-0.39, 0.29) is 10.9 Å². The van der Waals surface area contributed by atoms with E-state index in [0.717, 1.165) is 43.3 Å². The molecule has 1 fully saturated rings. The molecular weight excluding hydrogens is 455 g/mol. The Morgan fingerprint density at radius 3 is 2.59 bits per heavy atom. The van der Waals surface area contributed by atoms with Gasteiger partial charge < -0.3 is 9.80 Å². The molecule has 0 aliphatic carbocycles. The van der Waals surface area contributed by atoms with Gasteiger partial charge in [-0.3, -0.25) is 14.8 Å². The van der Waals surface area contributed by atoms with Crippen molar-refractivity contribution >= 4 is 29.0 Å². The molecule has 7 nitrogen and oxygen atoms in total. The van der Waals surface area contributed by atoms with Gasteiger partial charge in [-0.25, -0.2) is 9.37 Å². The normalized spacial score (nSPS) is 18.8. The number of amides is 1. The molecule has 0 spiro atoms. The maximum Gasteiger partial charge on any atom is 0.277 e. The van der Waals surface area contributed by atoms with Crippen molar-refractivity contribution in [3.8, 4) is 0 Å². The van der Waals surface area contributed by atoms with Crippen LogP contribution in [0.1, 0.15) is 47.2 Å². The van der Waals surface area contributed by atoms with Crippen molar-refractivity contribution in [1.29, 1.82) is 0 Å². The molecule has 1 atom stereocenters. The minimum absolute atomic E-state index is 0.197. The lowest BCUT2D eigenvalue weighted by atomic mass is 9.95. The van der Waals surface area contributed by atoms with Gasteiger partial charge in [-0.05, 0) is 49.2 Å². The van der Waals surface area contributed by atoms with E-state index >= 15 is 0 Å². The number of anilines is 2. The number of aromatic nitrogens is 3. The Morgan fingerprint density at radius 1 is 1.18 bits per heavy atom. The summed E-state index contributed by atoms with van der Waals surface area (Å²) in [6, 6.07) is 7.67. The molecule has 0 radical (unpaired) electrons. The van der Waals surface area contributed by atoms with Gasteiger partial charge >= 0.3 is 0 Å². The average molecular weight is 483 g/mol. The highest BCUT2D eigenvalue weighted by Crippen LogP contribution is 2.45. The summed E-state index contributed by atoms with van der Waals surface area (Å²) in [6.07, 6.45) is 2.44. The predicted molar refractivity (Wildman–Crippen MR) is 131 cm³/mol. The summed E-state index contributed by atoms with van der Waals surface area (Å²) in [4.78, 5) is 24.5. The highest BCUT2D eigenvalue weighted by molar-refractivity contribution is 6.31. The Kier molecular flexibility index (Phi) is 6.04. The highest BCUT2D eigenvalue weighted by Gasteiger charge is 2.43. The highest BCUT2D eigenvalue weighted by atomic mass is 35.5. The molecule has 2 aromatic heterocycles. The van der Waals surface area contributed by atoms with Gasteiger partial charge in [-0.2, -0.15) is 5.10 Å². The molecule has 0 saturated carbocycles. The summed E-state index contributed by atoms with van der Waals surface area (Å²) in [5, 5.41) is 7.66. The molecule has 2 aliphatic rings. The summed E-state index contributed by atoms with van der Waals surface area (Å²) in [5.41, 5.74) is 3.39. The van der Waals surface area contributed by atoms with Crippen LogP contribution in [0.2, 0.25) is 5.02 Å². The van der Waals surface area contributed by atoms with Crippen LogP contribution in [0, 0.1) is 11.7 Å². The summed E-state index contributed by atoms with van der Waals surface area (Å²) < 4.78 is 13.9. The molecule has 1 amide bonds. The van der Waals surface area contributed by atoms with Crippen LogP contribution in [-0.4, -0.2) is 59.2 Å². The van der Waals surface area contributed by atoms with E-state index in [1.807, 2.05) is 12.1 Å². The van der Waals surface area contributed by atoms with Gasteiger partial charge in [0.15, 0.2) is 0 Å². The maximum absolute atomic E-state index is 13.9. The van der Waals surface area contributed by atoms with Crippen molar-refractivity contribution in [2.75, 3.05) is 43.0 Å². The summed E-state index contributed by atoms with van der Waals surface area (Å²) in [5.74, 6) is 0.626. The van der Waals surface area contributed by atoms with Gasteiger partial charge in [-0.1, -0.05) is 31.5 Å². The molecule has 0 bridgehead atoms. The summed E-state index contributed by atoms with van der Waals surface area (Å²) >= 11 is 6.51.